The van der Waals surface area contributed by atoms with E-state index in [9.17, 15) is 24.3 Å². The maximum atomic E-state index is 14.6. The average molecular weight is 690 g/mol. The van der Waals surface area contributed by atoms with Crippen LogP contribution in [0.2, 0.25) is 0 Å². The van der Waals surface area contributed by atoms with Gasteiger partial charge < -0.3 is 24.2 Å². The van der Waals surface area contributed by atoms with Gasteiger partial charge in [0.05, 0.1) is 30.2 Å². The lowest BCUT2D eigenvalue weighted by Crippen LogP contribution is -2.62. The van der Waals surface area contributed by atoms with E-state index in [1.807, 2.05) is 72.1 Å². The molecule has 254 valence electrons. The molecule has 2 unspecified atom stereocenters. The van der Waals surface area contributed by atoms with Gasteiger partial charge in [0.15, 0.2) is 0 Å². The number of rotatable bonds is 14. The summed E-state index contributed by atoms with van der Waals surface area (Å²) in [5.74, 6) is -7.95. The molecular formula is C40H35NO8S. The van der Waals surface area contributed by atoms with Crippen LogP contribution in [0.5, 0.6) is 11.5 Å². The summed E-state index contributed by atoms with van der Waals surface area (Å²) in [5, 5.41) is 12.2. The number of ether oxygens (including phenoxy) is 3. The predicted octanol–water partition coefficient (Wildman–Crippen LogP) is 7.12. The van der Waals surface area contributed by atoms with Crippen LogP contribution in [0.3, 0.4) is 0 Å². The molecule has 1 aliphatic carbocycles. The second-order valence-corrected chi connectivity index (χ2v) is 13.0. The fourth-order valence-electron chi connectivity index (χ4n) is 6.12. The molecule has 5 aromatic rings. The van der Waals surface area contributed by atoms with Crippen molar-refractivity contribution in [2.24, 2.45) is 23.7 Å². The van der Waals surface area contributed by atoms with Crippen LogP contribution in [0.4, 0.5) is 0 Å². The van der Waals surface area contributed by atoms with Gasteiger partial charge in [-0.2, -0.15) is 0 Å². The number of carbonyl (C=O) groups is 4. The second kappa shape index (κ2) is 16.1. The quantitative estimate of drug-likeness (QED) is 0.123. The lowest BCUT2D eigenvalue weighted by atomic mass is 9.55. The largest absolute Gasteiger partial charge is 0.481 e. The number of aliphatic carboxylic acids is 1. The molecule has 0 spiro atoms. The first kappa shape index (κ1) is 34.1. The number of nitrogens with zero attached hydrogens (tertiary/aromatic N) is 1. The van der Waals surface area contributed by atoms with E-state index in [2.05, 4.69) is 0 Å². The van der Waals surface area contributed by atoms with Crippen LogP contribution in [-0.4, -0.2) is 33.8 Å². The molecule has 10 heteroatoms. The van der Waals surface area contributed by atoms with Crippen molar-refractivity contribution in [2.75, 3.05) is 0 Å². The van der Waals surface area contributed by atoms with Gasteiger partial charge in [0.1, 0.15) is 24.7 Å². The zero-order valence-corrected chi connectivity index (χ0v) is 27.8. The predicted molar refractivity (Wildman–Crippen MR) is 186 cm³/mol. The fourth-order valence-corrected chi connectivity index (χ4v) is 6.84. The van der Waals surface area contributed by atoms with Crippen LogP contribution < -0.4 is 4.74 Å². The maximum Gasteiger partial charge on any atom is 0.311 e. The first-order valence-corrected chi connectivity index (χ1v) is 17.0. The van der Waals surface area contributed by atoms with E-state index in [0.717, 1.165) is 10.4 Å². The number of hydrogen-bond acceptors (Lipinski definition) is 8. The van der Waals surface area contributed by atoms with Gasteiger partial charge in [-0.05, 0) is 52.4 Å². The molecular weight excluding hydrogens is 655 g/mol. The number of esters is 2. The second-order valence-electron chi connectivity index (χ2n) is 12.0. The zero-order valence-electron chi connectivity index (χ0n) is 27.0. The van der Waals surface area contributed by atoms with E-state index < -0.39 is 47.5 Å². The summed E-state index contributed by atoms with van der Waals surface area (Å²) in [7, 11) is 0. The molecule has 0 radical (unpaired) electrons. The number of carboxylic acid groups (broad SMARTS) is 1. The fraction of sp³-hybridized carbons (Fsp3) is 0.200. The van der Waals surface area contributed by atoms with Gasteiger partial charge in [-0.1, -0.05) is 97.1 Å². The summed E-state index contributed by atoms with van der Waals surface area (Å²) in [6.07, 6.45) is 0. The van der Waals surface area contributed by atoms with Gasteiger partial charge in [0.25, 0.3) is 0 Å². The van der Waals surface area contributed by atoms with Crippen molar-refractivity contribution in [3.63, 3.8) is 0 Å². The van der Waals surface area contributed by atoms with Crippen LogP contribution >= 0.6 is 11.3 Å². The summed E-state index contributed by atoms with van der Waals surface area (Å²) in [6.45, 7) is 0.102. The monoisotopic (exact) mass is 689 g/mol. The first-order chi connectivity index (χ1) is 24.4. The summed E-state index contributed by atoms with van der Waals surface area (Å²) in [4.78, 5) is 57.0. The number of hydrogen-bond donors (Lipinski definition) is 1. The average Bonchev–Trinajstić information content (AvgIpc) is 3.64. The van der Waals surface area contributed by atoms with E-state index >= 15 is 0 Å². The van der Waals surface area contributed by atoms with E-state index in [1.54, 1.807) is 65.6 Å². The van der Waals surface area contributed by atoms with Gasteiger partial charge in [-0.3, -0.25) is 19.2 Å². The minimum Gasteiger partial charge on any atom is -0.481 e. The Labute approximate surface area is 293 Å². The molecule has 0 bridgehead atoms. The highest BCUT2D eigenvalue weighted by Gasteiger charge is 2.65. The van der Waals surface area contributed by atoms with Crippen LogP contribution in [0.25, 0.3) is 0 Å². The van der Waals surface area contributed by atoms with Crippen molar-refractivity contribution >= 4 is 35.2 Å². The molecule has 6 rings (SSSR count). The van der Waals surface area contributed by atoms with Crippen molar-refractivity contribution in [3.05, 3.63) is 154 Å². The minimum absolute atomic E-state index is 0.108. The summed E-state index contributed by atoms with van der Waals surface area (Å²) in [6, 6.07) is 38.3. The smallest absolute Gasteiger partial charge is 0.311 e. The molecule has 0 aliphatic heterocycles. The molecule has 4 aromatic carbocycles. The highest BCUT2D eigenvalue weighted by atomic mass is 32.1. The van der Waals surface area contributed by atoms with Crippen LogP contribution in [0.1, 0.15) is 21.6 Å². The van der Waals surface area contributed by atoms with Crippen molar-refractivity contribution < 1.29 is 38.5 Å². The van der Waals surface area contributed by atoms with Crippen LogP contribution in [0, 0.1) is 23.7 Å². The van der Waals surface area contributed by atoms with Crippen LogP contribution in [0.15, 0.2) is 133 Å². The number of carboxylic acids is 1. The first-order valence-electron chi connectivity index (χ1n) is 16.1. The molecule has 1 aliphatic rings. The standard InChI is InChI=1S/C40H35NO8S/c42-37(41(24-32-17-10-22-50-32)23-27-18-20-31(21-19-27)49-30-15-8-3-9-16-30)33-35(39(45)47-25-28-11-4-1-5-12-28)34(38(43)44)36(33)40(46)48-26-29-13-6-2-7-14-29/h1-22,33-36H,23-26H2,(H,43,44). The highest BCUT2D eigenvalue weighted by Crippen LogP contribution is 2.49. The molecule has 1 amide bonds. The molecule has 1 fully saturated rings. The van der Waals surface area contributed by atoms with Crippen molar-refractivity contribution in [1.82, 2.24) is 4.90 Å². The number of carbonyl (C=O) groups excluding carboxylic acids is 3. The topological polar surface area (TPSA) is 119 Å². The number of thiophene rings is 1. The van der Waals surface area contributed by atoms with Gasteiger partial charge in [-0.15, -0.1) is 11.3 Å². The minimum atomic E-state index is -1.51. The Kier molecular flexibility index (Phi) is 11.0. The molecule has 1 N–H and O–H groups in total. The molecule has 2 atom stereocenters. The third kappa shape index (κ3) is 8.27. The Bertz CT molecular complexity index is 1820. The Morgan fingerprint density at radius 3 is 1.58 bits per heavy atom. The lowest BCUT2D eigenvalue weighted by molar-refractivity contribution is -0.195. The summed E-state index contributed by atoms with van der Waals surface area (Å²) in [5.41, 5.74) is 2.18. The normalized spacial score (nSPS) is 17.9. The van der Waals surface area contributed by atoms with Crippen molar-refractivity contribution in [3.8, 4) is 11.5 Å². The molecule has 50 heavy (non-hydrogen) atoms. The number of benzene rings is 4. The van der Waals surface area contributed by atoms with E-state index in [1.165, 1.54) is 11.3 Å². The van der Waals surface area contributed by atoms with Gasteiger partial charge in [-0.25, -0.2) is 0 Å². The highest BCUT2D eigenvalue weighted by molar-refractivity contribution is 7.09. The Hall–Kier alpha value is -5.74. The number of amides is 1. The molecule has 0 saturated heterocycles. The Morgan fingerprint density at radius 2 is 1.08 bits per heavy atom. The van der Waals surface area contributed by atoms with E-state index in [0.29, 0.717) is 22.6 Å². The Balaban J connectivity index is 1.27. The third-order valence-corrected chi connectivity index (χ3v) is 9.49. The summed E-state index contributed by atoms with van der Waals surface area (Å²) < 4.78 is 17.1. The van der Waals surface area contributed by atoms with Crippen molar-refractivity contribution in [2.45, 2.75) is 26.3 Å². The molecule has 1 aromatic heterocycles. The SMILES string of the molecule is O=C(O)C1C(C(=O)OCc2ccccc2)C(C(=O)N(Cc2ccc(Oc3ccccc3)cc2)Cc2cccs2)C1C(=O)OCc1ccccc1. The van der Waals surface area contributed by atoms with E-state index in [4.69, 9.17) is 14.2 Å². The summed E-state index contributed by atoms with van der Waals surface area (Å²) >= 11 is 1.46. The number of para-hydroxylation sites is 1. The zero-order chi connectivity index (χ0) is 34.9. The van der Waals surface area contributed by atoms with Gasteiger partial charge in [0, 0.05) is 11.4 Å². The van der Waals surface area contributed by atoms with Gasteiger partial charge >= 0.3 is 17.9 Å². The molecule has 1 saturated carbocycles. The Morgan fingerprint density at radius 1 is 0.560 bits per heavy atom. The van der Waals surface area contributed by atoms with Crippen molar-refractivity contribution in [1.29, 1.82) is 0 Å². The van der Waals surface area contributed by atoms with E-state index in [-0.39, 0.29) is 26.3 Å². The lowest BCUT2D eigenvalue weighted by Gasteiger charge is -2.47. The molecule has 9 nitrogen and oxygen atoms in total. The third-order valence-electron chi connectivity index (χ3n) is 8.62. The van der Waals surface area contributed by atoms with Gasteiger partial charge in [0.2, 0.25) is 5.91 Å². The van der Waals surface area contributed by atoms with Crippen LogP contribution in [-0.2, 0) is 55.0 Å². The maximum absolute atomic E-state index is 14.6. The molecule has 1 heterocycles.